The summed E-state index contributed by atoms with van der Waals surface area (Å²) in [6.07, 6.45) is 2.12. The quantitative estimate of drug-likeness (QED) is 0.832. The van der Waals surface area contributed by atoms with Gasteiger partial charge in [-0.25, -0.2) is 9.80 Å². The fourth-order valence-corrected chi connectivity index (χ4v) is 3.30. The standard InChI is InChI=1S/C14H27N3O2/c1-10(2)17-11-6-7-12(17)9-16(8-11)15-13(18)19-14(3,4)5/h10-12H,6-9H2,1-5H3,(H,15,18). The van der Waals surface area contributed by atoms with Gasteiger partial charge < -0.3 is 4.74 Å². The first kappa shape index (κ1) is 14.6. The number of hydrogen-bond donors (Lipinski definition) is 1. The van der Waals surface area contributed by atoms with Crippen LogP contribution in [0.3, 0.4) is 0 Å². The molecule has 2 unspecified atom stereocenters. The molecule has 1 N–H and O–H groups in total. The highest BCUT2D eigenvalue weighted by Crippen LogP contribution is 2.31. The Morgan fingerprint density at radius 2 is 1.74 bits per heavy atom. The normalized spacial score (nSPS) is 28.7. The predicted molar refractivity (Wildman–Crippen MR) is 74.7 cm³/mol. The summed E-state index contributed by atoms with van der Waals surface area (Å²) < 4.78 is 5.30. The molecule has 2 aliphatic rings. The summed E-state index contributed by atoms with van der Waals surface area (Å²) in [7, 11) is 0. The van der Waals surface area contributed by atoms with Crippen LogP contribution in [0.15, 0.2) is 0 Å². The molecule has 2 fully saturated rings. The molecule has 5 heteroatoms. The second kappa shape index (κ2) is 5.29. The Hall–Kier alpha value is -0.810. The molecule has 2 atom stereocenters. The molecule has 0 aromatic carbocycles. The Bertz CT molecular complexity index is 324. The van der Waals surface area contributed by atoms with Gasteiger partial charge in [-0.2, -0.15) is 0 Å². The molecule has 0 aromatic heterocycles. The summed E-state index contributed by atoms with van der Waals surface area (Å²) in [5.41, 5.74) is 2.44. The first-order valence-corrected chi connectivity index (χ1v) is 7.28. The second-order valence-corrected chi connectivity index (χ2v) is 6.94. The molecule has 2 saturated heterocycles. The zero-order valence-electron chi connectivity index (χ0n) is 12.8. The van der Waals surface area contributed by atoms with Crippen molar-refractivity contribution in [1.29, 1.82) is 0 Å². The average molecular weight is 269 g/mol. The molecule has 0 spiro atoms. The Kier molecular flexibility index (Phi) is 4.06. The lowest BCUT2D eigenvalue weighted by molar-refractivity contribution is -0.00309. The highest BCUT2D eigenvalue weighted by atomic mass is 16.6. The molecule has 0 radical (unpaired) electrons. The van der Waals surface area contributed by atoms with Gasteiger partial charge in [0.15, 0.2) is 0 Å². The van der Waals surface area contributed by atoms with E-state index >= 15 is 0 Å². The fraction of sp³-hybridized carbons (Fsp3) is 0.929. The Balaban J connectivity index is 1.87. The topological polar surface area (TPSA) is 44.8 Å². The third-order valence-corrected chi connectivity index (χ3v) is 3.78. The number of hydrazine groups is 1. The molecule has 2 rings (SSSR count). The molecular formula is C14H27N3O2. The monoisotopic (exact) mass is 269 g/mol. The van der Waals surface area contributed by atoms with Gasteiger partial charge in [-0.15, -0.1) is 0 Å². The van der Waals surface area contributed by atoms with E-state index in [9.17, 15) is 4.79 Å². The maximum Gasteiger partial charge on any atom is 0.422 e. The summed E-state index contributed by atoms with van der Waals surface area (Å²) in [6, 6.07) is 1.71. The van der Waals surface area contributed by atoms with Crippen LogP contribution >= 0.6 is 0 Å². The third kappa shape index (κ3) is 3.60. The van der Waals surface area contributed by atoms with Gasteiger partial charge in [-0.1, -0.05) is 0 Å². The van der Waals surface area contributed by atoms with Crippen LogP contribution in [0.1, 0.15) is 47.5 Å². The van der Waals surface area contributed by atoms with Crippen molar-refractivity contribution in [3.63, 3.8) is 0 Å². The van der Waals surface area contributed by atoms with Crippen molar-refractivity contribution < 1.29 is 9.53 Å². The minimum atomic E-state index is -0.442. The van der Waals surface area contributed by atoms with Gasteiger partial charge in [0, 0.05) is 31.2 Å². The van der Waals surface area contributed by atoms with Gasteiger partial charge in [-0.3, -0.25) is 10.3 Å². The predicted octanol–water partition coefficient (Wildman–Crippen LogP) is 1.98. The molecule has 2 bridgehead atoms. The largest absolute Gasteiger partial charge is 0.443 e. The van der Waals surface area contributed by atoms with Crippen molar-refractivity contribution in [3.05, 3.63) is 0 Å². The molecule has 0 saturated carbocycles. The molecule has 110 valence electrons. The van der Waals surface area contributed by atoms with E-state index in [1.54, 1.807) is 0 Å². The van der Waals surface area contributed by atoms with E-state index in [1.807, 2.05) is 25.8 Å². The Morgan fingerprint density at radius 3 is 2.16 bits per heavy atom. The minimum Gasteiger partial charge on any atom is -0.443 e. The molecule has 2 heterocycles. The van der Waals surface area contributed by atoms with Crippen LogP contribution < -0.4 is 5.43 Å². The SMILES string of the molecule is CC(C)N1C2CCC1CN(NC(=O)OC(C)(C)C)C2. The van der Waals surface area contributed by atoms with Crippen molar-refractivity contribution in [1.82, 2.24) is 15.3 Å². The van der Waals surface area contributed by atoms with Gasteiger partial charge in [0.25, 0.3) is 0 Å². The van der Waals surface area contributed by atoms with Gasteiger partial charge >= 0.3 is 6.09 Å². The lowest BCUT2D eigenvalue weighted by Crippen LogP contribution is -2.60. The first-order chi connectivity index (χ1) is 8.76. The van der Waals surface area contributed by atoms with Crippen molar-refractivity contribution in [2.24, 2.45) is 0 Å². The summed E-state index contributed by atoms with van der Waals surface area (Å²) in [5.74, 6) is 0. The Morgan fingerprint density at radius 1 is 1.21 bits per heavy atom. The van der Waals surface area contributed by atoms with Crippen LogP contribution in [0.2, 0.25) is 0 Å². The molecule has 2 aliphatic heterocycles. The van der Waals surface area contributed by atoms with Gasteiger partial charge in [-0.05, 0) is 47.5 Å². The van der Waals surface area contributed by atoms with Gasteiger partial charge in [0.2, 0.25) is 0 Å². The van der Waals surface area contributed by atoms with Crippen LogP contribution in [-0.2, 0) is 4.74 Å². The smallest absolute Gasteiger partial charge is 0.422 e. The van der Waals surface area contributed by atoms with Crippen molar-refractivity contribution >= 4 is 6.09 Å². The summed E-state index contributed by atoms with van der Waals surface area (Å²) in [6.45, 7) is 11.9. The molecule has 19 heavy (non-hydrogen) atoms. The van der Waals surface area contributed by atoms with E-state index in [4.69, 9.17) is 4.74 Å². The summed E-state index contributed by atoms with van der Waals surface area (Å²) >= 11 is 0. The van der Waals surface area contributed by atoms with Crippen molar-refractivity contribution in [2.45, 2.75) is 71.2 Å². The zero-order chi connectivity index (χ0) is 14.2. The summed E-state index contributed by atoms with van der Waals surface area (Å²) in [5, 5.41) is 2.02. The van der Waals surface area contributed by atoms with Gasteiger partial charge in [0.05, 0.1) is 0 Å². The van der Waals surface area contributed by atoms with E-state index < -0.39 is 5.60 Å². The number of rotatable bonds is 2. The highest BCUT2D eigenvalue weighted by Gasteiger charge is 2.41. The molecule has 0 aliphatic carbocycles. The molecule has 0 aromatic rings. The number of carbonyl (C=O) groups is 1. The minimum absolute atomic E-state index is 0.343. The number of nitrogens with zero attached hydrogens (tertiary/aromatic N) is 2. The summed E-state index contributed by atoms with van der Waals surface area (Å²) in [4.78, 5) is 14.4. The molecule has 1 amide bonds. The maximum atomic E-state index is 11.8. The number of piperazine rings is 1. The third-order valence-electron chi connectivity index (χ3n) is 3.78. The van der Waals surface area contributed by atoms with E-state index in [0.29, 0.717) is 18.1 Å². The van der Waals surface area contributed by atoms with Crippen LogP contribution in [0.4, 0.5) is 4.79 Å². The van der Waals surface area contributed by atoms with Crippen LogP contribution in [-0.4, -0.2) is 52.8 Å². The van der Waals surface area contributed by atoms with E-state index in [0.717, 1.165) is 13.1 Å². The van der Waals surface area contributed by atoms with Crippen LogP contribution in [0.5, 0.6) is 0 Å². The lowest BCUT2D eigenvalue weighted by atomic mass is 10.1. The van der Waals surface area contributed by atoms with Crippen molar-refractivity contribution in [2.75, 3.05) is 13.1 Å². The van der Waals surface area contributed by atoms with Gasteiger partial charge in [0.1, 0.15) is 5.60 Å². The fourth-order valence-electron chi connectivity index (χ4n) is 3.30. The highest BCUT2D eigenvalue weighted by molar-refractivity contribution is 5.67. The van der Waals surface area contributed by atoms with Crippen molar-refractivity contribution in [3.8, 4) is 0 Å². The number of fused-ring (bicyclic) bond motifs is 2. The molecule has 5 nitrogen and oxygen atoms in total. The number of ether oxygens (including phenoxy) is 1. The lowest BCUT2D eigenvalue weighted by Gasteiger charge is -2.43. The number of amides is 1. The van der Waals surface area contributed by atoms with Crippen LogP contribution in [0.25, 0.3) is 0 Å². The van der Waals surface area contributed by atoms with E-state index in [2.05, 4.69) is 24.2 Å². The average Bonchev–Trinajstić information content (AvgIpc) is 2.48. The van der Waals surface area contributed by atoms with E-state index in [-0.39, 0.29) is 6.09 Å². The number of nitrogens with one attached hydrogen (secondary N) is 1. The number of carbonyl (C=O) groups excluding carboxylic acids is 1. The number of hydrogen-bond acceptors (Lipinski definition) is 4. The zero-order valence-corrected chi connectivity index (χ0v) is 12.8. The molecular weight excluding hydrogens is 242 g/mol. The first-order valence-electron chi connectivity index (χ1n) is 7.28. The van der Waals surface area contributed by atoms with E-state index in [1.165, 1.54) is 12.8 Å². The second-order valence-electron chi connectivity index (χ2n) is 6.94. The maximum absolute atomic E-state index is 11.8. The van der Waals surface area contributed by atoms with Crippen LogP contribution in [0, 0.1) is 0 Å². The Labute approximate surface area is 116 Å².